The molecule has 5 rings (SSSR count). The van der Waals surface area contributed by atoms with Gasteiger partial charge in [0, 0.05) is 42.2 Å². The van der Waals surface area contributed by atoms with Crippen LogP contribution >= 0.6 is 23.2 Å². The largest absolute Gasteiger partial charge is 0.428 e. The molecule has 0 spiro atoms. The van der Waals surface area contributed by atoms with Crippen LogP contribution in [0.3, 0.4) is 0 Å². The molecule has 1 fully saturated rings. The highest BCUT2D eigenvalue weighted by atomic mass is 35.5. The average molecular weight is 498 g/mol. The van der Waals surface area contributed by atoms with Crippen molar-refractivity contribution in [2.75, 3.05) is 18.0 Å². The minimum absolute atomic E-state index is 0.400. The first-order chi connectivity index (χ1) is 16.3. The first-order valence-corrected chi connectivity index (χ1v) is 11.4. The number of nitrogens with two attached hydrogens (primary N) is 2. The Morgan fingerprint density at radius 2 is 1.74 bits per heavy atom. The zero-order valence-electron chi connectivity index (χ0n) is 18.0. The Labute approximate surface area is 205 Å². The molecule has 0 aliphatic carbocycles. The fourth-order valence-corrected chi connectivity index (χ4v) is 4.52. The number of piperidine rings is 1. The third-order valence-electron chi connectivity index (χ3n) is 5.84. The van der Waals surface area contributed by atoms with Crippen LogP contribution in [0, 0.1) is 0 Å². The van der Waals surface area contributed by atoms with Gasteiger partial charge in [-0.05, 0) is 36.4 Å². The quantitative estimate of drug-likeness (QED) is 0.405. The highest BCUT2D eigenvalue weighted by Crippen LogP contribution is 2.35. The smallest absolute Gasteiger partial charge is 0.406 e. The van der Waals surface area contributed by atoms with Crippen LogP contribution in [-0.2, 0) is 4.74 Å². The van der Waals surface area contributed by atoms with Crippen molar-refractivity contribution in [1.29, 1.82) is 0 Å². The first kappa shape index (κ1) is 22.4. The molecular formula is C23H21Cl2N7O2. The number of amides is 1. The van der Waals surface area contributed by atoms with E-state index in [4.69, 9.17) is 44.4 Å². The number of primary amides is 1. The van der Waals surface area contributed by atoms with Gasteiger partial charge in [0.05, 0.1) is 5.02 Å². The molecule has 0 unspecified atom stereocenters. The molecule has 0 bridgehead atoms. The van der Waals surface area contributed by atoms with Gasteiger partial charge < -0.3 is 15.4 Å². The maximum atomic E-state index is 11.2. The van der Waals surface area contributed by atoms with Gasteiger partial charge in [-0.25, -0.2) is 19.7 Å². The van der Waals surface area contributed by atoms with Crippen LogP contribution in [0.25, 0.3) is 28.2 Å². The molecule has 3 heterocycles. The van der Waals surface area contributed by atoms with Crippen molar-refractivity contribution >= 4 is 46.3 Å². The van der Waals surface area contributed by atoms with Gasteiger partial charge in [-0.3, -0.25) is 10.3 Å². The molecule has 174 valence electrons. The fourth-order valence-electron chi connectivity index (χ4n) is 4.17. The minimum Gasteiger partial charge on any atom is -0.428 e. The van der Waals surface area contributed by atoms with Gasteiger partial charge in [0.1, 0.15) is 12.2 Å². The zero-order valence-corrected chi connectivity index (χ0v) is 19.5. The molecule has 0 atom stereocenters. The Balaban J connectivity index is 1.63. The average Bonchev–Trinajstić information content (AvgIpc) is 3.19. The number of carbonyl (C=O) groups excluding carboxylic acids is 1. The van der Waals surface area contributed by atoms with Gasteiger partial charge in [0.25, 0.3) is 0 Å². The monoisotopic (exact) mass is 497 g/mol. The summed E-state index contributed by atoms with van der Waals surface area (Å²) in [5.74, 6) is 1.29. The van der Waals surface area contributed by atoms with Gasteiger partial charge in [0.2, 0.25) is 0 Å². The molecule has 34 heavy (non-hydrogen) atoms. The van der Waals surface area contributed by atoms with Crippen molar-refractivity contribution in [3.05, 3.63) is 64.9 Å². The molecule has 0 radical (unpaired) electrons. The number of hydrogen-bond acceptors (Lipinski definition) is 7. The number of anilines is 1. The predicted molar refractivity (Wildman–Crippen MR) is 131 cm³/mol. The normalized spacial score (nSPS) is 15.4. The lowest BCUT2D eigenvalue weighted by Gasteiger charge is -2.38. The lowest BCUT2D eigenvalue weighted by atomic mass is 10.0. The Bertz CT molecular complexity index is 1370. The summed E-state index contributed by atoms with van der Waals surface area (Å²) < 4.78 is 7.06. The molecule has 4 aromatic rings. The van der Waals surface area contributed by atoms with Crippen LogP contribution in [0.5, 0.6) is 0 Å². The molecule has 1 amide bonds. The molecule has 2 aromatic heterocycles. The van der Waals surface area contributed by atoms with Crippen LogP contribution in [0.15, 0.2) is 54.9 Å². The van der Waals surface area contributed by atoms with Gasteiger partial charge in [-0.1, -0.05) is 35.3 Å². The number of benzene rings is 2. The molecule has 1 saturated heterocycles. The number of imidazole rings is 1. The van der Waals surface area contributed by atoms with Crippen LogP contribution in [0.1, 0.15) is 12.8 Å². The number of hydrogen-bond donors (Lipinski definition) is 2. The van der Waals surface area contributed by atoms with E-state index < -0.39 is 11.8 Å². The van der Waals surface area contributed by atoms with Crippen LogP contribution in [0.4, 0.5) is 10.6 Å². The summed E-state index contributed by atoms with van der Waals surface area (Å²) in [5, 5.41) is 1.19. The molecule has 1 aliphatic rings. The minimum atomic E-state index is -1.10. The highest BCUT2D eigenvalue weighted by Gasteiger charge is 2.35. The van der Waals surface area contributed by atoms with Crippen molar-refractivity contribution in [3.8, 4) is 17.1 Å². The standard InChI is InChI=1S/C23H21Cl2N7O2/c24-14-5-7-15(8-6-14)32-19(16-3-1-2-4-17(16)25)30-18-20(28-13-29-21(18)32)31-11-9-23(27,10-12-31)34-22(26)33/h1-8,13H,9-12,27H2,(H2,26,33). The first-order valence-electron chi connectivity index (χ1n) is 10.6. The maximum absolute atomic E-state index is 11.2. The van der Waals surface area contributed by atoms with E-state index in [0.29, 0.717) is 58.8 Å². The zero-order chi connectivity index (χ0) is 23.9. The summed E-state index contributed by atoms with van der Waals surface area (Å²) in [6, 6.07) is 14.9. The lowest BCUT2D eigenvalue weighted by molar-refractivity contribution is 0.00267. The number of fused-ring (bicyclic) bond motifs is 1. The van der Waals surface area contributed by atoms with Crippen LogP contribution in [-0.4, -0.2) is 44.4 Å². The van der Waals surface area contributed by atoms with E-state index in [1.165, 1.54) is 6.33 Å². The predicted octanol–water partition coefficient (Wildman–Crippen LogP) is 4.14. The van der Waals surface area contributed by atoms with Crippen molar-refractivity contribution in [3.63, 3.8) is 0 Å². The molecule has 0 saturated carbocycles. The Hall–Kier alpha value is -3.40. The fraction of sp³-hybridized carbons (Fsp3) is 0.217. The maximum Gasteiger partial charge on any atom is 0.406 e. The van der Waals surface area contributed by atoms with E-state index in [0.717, 1.165) is 11.3 Å². The lowest BCUT2D eigenvalue weighted by Crippen LogP contribution is -2.54. The molecule has 11 heteroatoms. The molecular weight excluding hydrogens is 477 g/mol. The Morgan fingerprint density at radius 3 is 2.41 bits per heavy atom. The van der Waals surface area contributed by atoms with E-state index in [1.807, 2.05) is 53.1 Å². The molecule has 1 aliphatic heterocycles. The highest BCUT2D eigenvalue weighted by molar-refractivity contribution is 6.33. The SMILES string of the molecule is NC(=O)OC1(N)CCN(c2ncnc3c2nc(-c2ccccc2Cl)n3-c2ccc(Cl)cc2)CC1. The van der Waals surface area contributed by atoms with Crippen molar-refractivity contribution in [2.24, 2.45) is 11.5 Å². The summed E-state index contributed by atoms with van der Waals surface area (Å²) in [6.07, 6.45) is 1.42. The second-order valence-corrected chi connectivity index (χ2v) is 8.91. The van der Waals surface area contributed by atoms with Crippen LogP contribution < -0.4 is 16.4 Å². The number of ether oxygens (including phenoxy) is 1. The summed E-state index contributed by atoms with van der Waals surface area (Å²) in [5.41, 5.74) is 13.1. The van der Waals surface area contributed by atoms with Crippen molar-refractivity contribution < 1.29 is 9.53 Å². The van der Waals surface area contributed by atoms with E-state index in [2.05, 4.69) is 14.9 Å². The number of carbonyl (C=O) groups is 1. The Kier molecular flexibility index (Phi) is 5.76. The number of aromatic nitrogens is 4. The number of nitrogens with zero attached hydrogens (tertiary/aromatic N) is 5. The number of halogens is 2. The van der Waals surface area contributed by atoms with E-state index in [1.54, 1.807) is 0 Å². The second-order valence-electron chi connectivity index (χ2n) is 8.07. The summed E-state index contributed by atoms with van der Waals surface area (Å²) >= 11 is 12.7. The Morgan fingerprint density at radius 1 is 1.03 bits per heavy atom. The van der Waals surface area contributed by atoms with E-state index in [9.17, 15) is 4.79 Å². The third kappa shape index (κ3) is 4.13. The van der Waals surface area contributed by atoms with Crippen molar-refractivity contribution in [1.82, 2.24) is 19.5 Å². The van der Waals surface area contributed by atoms with E-state index >= 15 is 0 Å². The van der Waals surface area contributed by atoms with Gasteiger partial charge in [0.15, 0.2) is 22.7 Å². The summed E-state index contributed by atoms with van der Waals surface area (Å²) in [7, 11) is 0. The third-order valence-corrected chi connectivity index (χ3v) is 6.42. The van der Waals surface area contributed by atoms with Gasteiger partial charge >= 0.3 is 6.09 Å². The second kappa shape index (κ2) is 8.75. The summed E-state index contributed by atoms with van der Waals surface area (Å²) in [6.45, 7) is 1.01. The molecule has 2 aromatic carbocycles. The molecule has 9 nitrogen and oxygen atoms in total. The summed E-state index contributed by atoms with van der Waals surface area (Å²) in [4.78, 5) is 27.3. The number of rotatable bonds is 4. The van der Waals surface area contributed by atoms with Crippen molar-refractivity contribution in [2.45, 2.75) is 18.6 Å². The van der Waals surface area contributed by atoms with Gasteiger partial charge in [-0.15, -0.1) is 0 Å². The molecule has 4 N–H and O–H groups in total. The van der Waals surface area contributed by atoms with E-state index in [-0.39, 0.29) is 0 Å². The van der Waals surface area contributed by atoms with Gasteiger partial charge in [-0.2, -0.15) is 0 Å². The van der Waals surface area contributed by atoms with Crippen LogP contribution in [0.2, 0.25) is 10.0 Å². The topological polar surface area (TPSA) is 125 Å².